The lowest BCUT2D eigenvalue weighted by atomic mass is 10.3. The monoisotopic (exact) mass is 144 g/mol. The van der Waals surface area contributed by atoms with Crippen molar-refractivity contribution in [2.75, 3.05) is 6.61 Å². The molecule has 1 atom stereocenters. The van der Waals surface area contributed by atoms with Gasteiger partial charge in [0.2, 0.25) is 12.1 Å². The number of ether oxygens (including phenoxy) is 1. The molecule has 1 aliphatic heterocycles. The quantitative estimate of drug-likeness (QED) is 0.531. The van der Waals surface area contributed by atoms with Crippen LogP contribution < -0.4 is 0 Å². The van der Waals surface area contributed by atoms with Crippen molar-refractivity contribution in [3.8, 4) is 0 Å². The van der Waals surface area contributed by atoms with E-state index in [0.29, 0.717) is 6.42 Å². The van der Waals surface area contributed by atoms with Crippen LogP contribution in [0.15, 0.2) is 11.8 Å². The van der Waals surface area contributed by atoms with Gasteiger partial charge >= 0.3 is 0 Å². The minimum Gasteiger partial charge on any atom is -0.461 e. The number of aliphatic hydroxyl groups excluding tert-OH is 2. The van der Waals surface area contributed by atoms with Gasteiger partial charge in [0.25, 0.3) is 0 Å². The summed E-state index contributed by atoms with van der Waals surface area (Å²) in [7, 11) is 0. The number of rotatable bonds is 2. The van der Waals surface area contributed by atoms with Crippen molar-refractivity contribution in [1.82, 2.24) is 0 Å². The van der Waals surface area contributed by atoms with Gasteiger partial charge in [-0.1, -0.05) is 0 Å². The summed E-state index contributed by atoms with van der Waals surface area (Å²) in [6.45, 7) is -0.571. The smallest absolute Gasteiger partial charge is 0.222 e. The topological polar surface area (TPSA) is 66.8 Å². The molecule has 0 aromatic carbocycles. The van der Waals surface area contributed by atoms with E-state index in [2.05, 4.69) is 4.74 Å². The molecule has 0 bridgehead atoms. The standard InChI is InChI=1S/C6H8O4/c7-3-4(8)5-1-2-6(9)10-5/h1,6-7,9H,2-3H2. The van der Waals surface area contributed by atoms with Crippen molar-refractivity contribution >= 4 is 5.78 Å². The number of carbonyl (C=O) groups is 1. The van der Waals surface area contributed by atoms with Crippen molar-refractivity contribution in [1.29, 1.82) is 0 Å². The van der Waals surface area contributed by atoms with Crippen LogP contribution in [-0.4, -0.2) is 28.9 Å². The van der Waals surface area contributed by atoms with Crippen molar-refractivity contribution in [2.45, 2.75) is 12.7 Å². The minimum absolute atomic E-state index is 0.0648. The van der Waals surface area contributed by atoms with E-state index in [1.165, 1.54) is 6.08 Å². The molecule has 1 aliphatic rings. The summed E-state index contributed by atoms with van der Waals surface area (Å²) < 4.78 is 4.62. The summed E-state index contributed by atoms with van der Waals surface area (Å²) >= 11 is 0. The number of carbonyl (C=O) groups excluding carboxylic acids is 1. The Kier molecular flexibility index (Phi) is 2.03. The van der Waals surface area contributed by atoms with E-state index < -0.39 is 18.7 Å². The number of ketones is 1. The SMILES string of the molecule is O=C(CO)C1=CCC(O)O1. The fourth-order valence-corrected chi connectivity index (χ4v) is 0.708. The molecule has 4 nitrogen and oxygen atoms in total. The number of hydrogen-bond donors (Lipinski definition) is 2. The molecule has 0 amide bonds. The maximum atomic E-state index is 10.6. The fraction of sp³-hybridized carbons (Fsp3) is 0.500. The van der Waals surface area contributed by atoms with Gasteiger partial charge in [-0.3, -0.25) is 4.79 Å². The number of hydrogen-bond acceptors (Lipinski definition) is 4. The number of Topliss-reactive ketones (excluding diaryl/α,β-unsaturated/α-hetero) is 1. The van der Waals surface area contributed by atoms with Crippen LogP contribution in [0.5, 0.6) is 0 Å². The van der Waals surface area contributed by atoms with Crippen LogP contribution in [0.25, 0.3) is 0 Å². The lowest BCUT2D eigenvalue weighted by molar-refractivity contribution is -0.126. The third kappa shape index (κ3) is 1.34. The Morgan fingerprint density at radius 3 is 3.00 bits per heavy atom. The highest BCUT2D eigenvalue weighted by Gasteiger charge is 2.19. The van der Waals surface area contributed by atoms with Crippen molar-refractivity contribution in [3.63, 3.8) is 0 Å². The van der Waals surface area contributed by atoms with Gasteiger partial charge in [-0.05, 0) is 6.08 Å². The summed E-state index contributed by atoms with van der Waals surface area (Å²) in [5.74, 6) is -0.424. The van der Waals surface area contributed by atoms with Gasteiger partial charge in [-0.15, -0.1) is 0 Å². The average Bonchev–Trinajstić information content (AvgIpc) is 2.34. The van der Waals surface area contributed by atoms with Crippen LogP contribution in [0.4, 0.5) is 0 Å². The predicted octanol–water partition coefficient (Wildman–Crippen LogP) is -0.830. The third-order valence-corrected chi connectivity index (χ3v) is 1.19. The molecule has 10 heavy (non-hydrogen) atoms. The third-order valence-electron chi connectivity index (χ3n) is 1.19. The molecule has 1 unspecified atom stereocenters. The van der Waals surface area contributed by atoms with Crippen LogP contribution in [0.2, 0.25) is 0 Å². The van der Waals surface area contributed by atoms with Crippen molar-refractivity contribution in [3.05, 3.63) is 11.8 Å². The van der Waals surface area contributed by atoms with E-state index >= 15 is 0 Å². The average molecular weight is 144 g/mol. The molecule has 2 N–H and O–H groups in total. The second kappa shape index (κ2) is 2.81. The maximum absolute atomic E-state index is 10.6. The molecule has 4 heteroatoms. The van der Waals surface area contributed by atoms with E-state index in [-0.39, 0.29) is 5.76 Å². The Morgan fingerprint density at radius 2 is 2.60 bits per heavy atom. The van der Waals surface area contributed by atoms with Gasteiger partial charge in [0.1, 0.15) is 6.61 Å². The zero-order valence-corrected chi connectivity index (χ0v) is 5.28. The summed E-state index contributed by atoms with van der Waals surface area (Å²) in [4.78, 5) is 10.6. The van der Waals surface area contributed by atoms with Gasteiger partial charge in [0.05, 0.1) is 0 Å². The highest BCUT2D eigenvalue weighted by Crippen LogP contribution is 2.14. The normalized spacial score (nSPS) is 23.8. The highest BCUT2D eigenvalue weighted by atomic mass is 16.6. The van der Waals surface area contributed by atoms with Crippen LogP contribution in [0, 0.1) is 0 Å². The molecule has 1 heterocycles. The first-order valence-corrected chi connectivity index (χ1v) is 2.93. The molecule has 0 aliphatic carbocycles. The zero-order valence-electron chi connectivity index (χ0n) is 5.28. The van der Waals surface area contributed by atoms with Crippen LogP contribution >= 0.6 is 0 Å². The molecular formula is C6H8O4. The number of aliphatic hydroxyl groups is 2. The molecule has 56 valence electrons. The molecule has 0 saturated heterocycles. The summed E-state index contributed by atoms with van der Waals surface area (Å²) in [5.41, 5.74) is 0. The Hall–Kier alpha value is -0.870. The first kappa shape index (κ1) is 7.24. The predicted molar refractivity (Wildman–Crippen MR) is 31.9 cm³/mol. The summed E-state index contributed by atoms with van der Waals surface area (Å²) in [5, 5.41) is 17.1. The fourth-order valence-electron chi connectivity index (χ4n) is 0.708. The van der Waals surface area contributed by atoms with Gasteiger partial charge in [-0.25, -0.2) is 0 Å². The van der Waals surface area contributed by atoms with Gasteiger partial charge in [0.15, 0.2) is 5.76 Å². The summed E-state index contributed by atoms with van der Waals surface area (Å²) in [6, 6.07) is 0. The van der Waals surface area contributed by atoms with Gasteiger partial charge < -0.3 is 14.9 Å². The van der Waals surface area contributed by atoms with Crippen LogP contribution in [0.1, 0.15) is 6.42 Å². The molecular weight excluding hydrogens is 136 g/mol. The highest BCUT2D eigenvalue weighted by molar-refractivity contribution is 5.94. The first-order valence-electron chi connectivity index (χ1n) is 2.93. The summed E-state index contributed by atoms with van der Waals surface area (Å²) in [6.07, 6.45) is 0.870. The lowest BCUT2D eigenvalue weighted by Gasteiger charge is -2.03. The first-order chi connectivity index (χ1) is 4.74. The Balaban J connectivity index is 2.51. The van der Waals surface area contributed by atoms with Crippen LogP contribution in [0.3, 0.4) is 0 Å². The molecule has 0 spiro atoms. The van der Waals surface area contributed by atoms with E-state index in [0.717, 1.165) is 0 Å². The maximum Gasteiger partial charge on any atom is 0.222 e. The van der Waals surface area contributed by atoms with E-state index in [9.17, 15) is 4.79 Å². The largest absolute Gasteiger partial charge is 0.461 e. The Morgan fingerprint density at radius 1 is 1.90 bits per heavy atom. The van der Waals surface area contributed by atoms with Gasteiger partial charge in [0, 0.05) is 6.42 Å². The van der Waals surface area contributed by atoms with Crippen molar-refractivity contribution in [2.24, 2.45) is 0 Å². The van der Waals surface area contributed by atoms with E-state index in [4.69, 9.17) is 10.2 Å². The van der Waals surface area contributed by atoms with E-state index in [1.54, 1.807) is 0 Å². The van der Waals surface area contributed by atoms with Crippen molar-refractivity contribution < 1.29 is 19.7 Å². The second-order valence-electron chi connectivity index (χ2n) is 1.96. The van der Waals surface area contributed by atoms with E-state index in [1.807, 2.05) is 0 Å². The molecule has 0 aromatic heterocycles. The Bertz CT molecular complexity index is 173. The molecule has 0 saturated carbocycles. The molecule has 1 rings (SSSR count). The minimum atomic E-state index is -0.912. The lowest BCUT2D eigenvalue weighted by Crippen LogP contribution is -2.11. The molecule has 0 aromatic rings. The van der Waals surface area contributed by atoms with Gasteiger partial charge in [-0.2, -0.15) is 0 Å². The zero-order chi connectivity index (χ0) is 7.56. The molecule has 0 fully saturated rings. The molecule has 0 radical (unpaired) electrons. The Labute approximate surface area is 57.7 Å². The second-order valence-corrected chi connectivity index (χ2v) is 1.96. The van der Waals surface area contributed by atoms with Crippen LogP contribution in [-0.2, 0) is 9.53 Å².